The predicted octanol–water partition coefficient (Wildman–Crippen LogP) is 3.01. The van der Waals surface area contributed by atoms with Gasteiger partial charge in [0.05, 0.1) is 0 Å². The molecule has 0 saturated carbocycles. The highest BCUT2D eigenvalue weighted by Gasteiger charge is 2.08. The summed E-state index contributed by atoms with van der Waals surface area (Å²) >= 11 is 6.02. The van der Waals surface area contributed by atoms with Crippen LogP contribution < -0.4 is 0 Å². The van der Waals surface area contributed by atoms with Gasteiger partial charge in [-0.2, -0.15) is 0 Å². The zero-order valence-electron chi connectivity index (χ0n) is 8.17. The Balaban J connectivity index is 2.47. The van der Waals surface area contributed by atoms with Crippen LogP contribution in [0, 0.1) is 5.82 Å². The summed E-state index contributed by atoms with van der Waals surface area (Å²) in [5.74, 6) is -0.185. The maximum Gasteiger partial charge on any atom is 0.126 e. The fourth-order valence-electron chi connectivity index (χ4n) is 1.25. The van der Waals surface area contributed by atoms with Crippen LogP contribution in [0.1, 0.15) is 12.0 Å². The predicted molar refractivity (Wildman–Crippen MR) is 56.2 cm³/mol. The molecule has 0 aromatic heterocycles. The van der Waals surface area contributed by atoms with E-state index in [-0.39, 0.29) is 11.2 Å². The summed E-state index contributed by atoms with van der Waals surface area (Å²) < 4.78 is 18.1. The lowest BCUT2D eigenvalue weighted by atomic mass is 10.1. The van der Waals surface area contributed by atoms with Crippen molar-refractivity contribution in [3.05, 3.63) is 35.6 Å². The van der Waals surface area contributed by atoms with Crippen LogP contribution in [0.2, 0.25) is 0 Å². The third-order valence-corrected chi connectivity index (χ3v) is 2.41. The van der Waals surface area contributed by atoms with Crippen molar-refractivity contribution < 1.29 is 9.13 Å². The molecule has 0 fully saturated rings. The van der Waals surface area contributed by atoms with Crippen LogP contribution in [-0.2, 0) is 11.2 Å². The van der Waals surface area contributed by atoms with Gasteiger partial charge in [-0.05, 0) is 24.5 Å². The molecule has 1 aromatic carbocycles. The van der Waals surface area contributed by atoms with Gasteiger partial charge < -0.3 is 4.74 Å². The van der Waals surface area contributed by atoms with Crippen molar-refractivity contribution in [1.29, 1.82) is 0 Å². The largest absolute Gasteiger partial charge is 0.385 e. The van der Waals surface area contributed by atoms with Crippen LogP contribution in [0.25, 0.3) is 0 Å². The van der Waals surface area contributed by atoms with Crippen molar-refractivity contribution in [2.45, 2.75) is 18.2 Å². The first kappa shape index (κ1) is 11.5. The number of methoxy groups -OCH3 is 1. The fourth-order valence-corrected chi connectivity index (χ4v) is 1.51. The van der Waals surface area contributed by atoms with Crippen molar-refractivity contribution in [1.82, 2.24) is 0 Å². The molecule has 1 aromatic rings. The molecule has 0 amide bonds. The summed E-state index contributed by atoms with van der Waals surface area (Å²) in [6.45, 7) is 0.614. The Kier molecular flexibility index (Phi) is 4.91. The van der Waals surface area contributed by atoms with Crippen LogP contribution in [0.15, 0.2) is 24.3 Å². The molecule has 0 N–H and O–H groups in total. The molecule has 0 bridgehead atoms. The molecule has 1 nitrogen and oxygen atoms in total. The highest BCUT2D eigenvalue weighted by molar-refractivity contribution is 6.20. The second-order valence-electron chi connectivity index (χ2n) is 3.17. The zero-order valence-corrected chi connectivity index (χ0v) is 8.93. The molecular weight excluding hydrogens is 203 g/mol. The van der Waals surface area contributed by atoms with Gasteiger partial charge in [0.25, 0.3) is 0 Å². The first-order valence-electron chi connectivity index (χ1n) is 4.60. The van der Waals surface area contributed by atoms with Crippen molar-refractivity contribution in [3.8, 4) is 0 Å². The molecule has 0 heterocycles. The van der Waals surface area contributed by atoms with Crippen molar-refractivity contribution in [3.63, 3.8) is 0 Å². The maximum atomic E-state index is 13.2. The molecule has 0 aliphatic carbocycles. The highest BCUT2D eigenvalue weighted by atomic mass is 35.5. The van der Waals surface area contributed by atoms with E-state index in [1.54, 1.807) is 19.2 Å². The SMILES string of the molecule is COCCC(Cl)Cc1ccccc1F. The molecule has 1 rings (SSSR count). The quantitative estimate of drug-likeness (QED) is 0.688. The minimum atomic E-state index is -0.185. The minimum absolute atomic E-state index is 0.0631. The van der Waals surface area contributed by atoms with Crippen LogP contribution in [0.3, 0.4) is 0 Å². The molecule has 0 radical (unpaired) electrons. The van der Waals surface area contributed by atoms with Gasteiger partial charge in [-0.3, -0.25) is 0 Å². The molecule has 0 saturated heterocycles. The highest BCUT2D eigenvalue weighted by Crippen LogP contribution is 2.14. The molecule has 0 aliphatic heterocycles. The van der Waals surface area contributed by atoms with E-state index in [1.807, 2.05) is 6.07 Å². The van der Waals surface area contributed by atoms with E-state index in [1.165, 1.54) is 6.07 Å². The van der Waals surface area contributed by atoms with Gasteiger partial charge in [0.1, 0.15) is 5.82 Å². The standard InChI is InChI=1S/C11H14ClFO/c1-14-7-6-10(12)8-9-4-2-3-5-11(9)13/h2-5,10H,6-8H2,1H3. The summed E-state index contributed by atoms with van der Waals surface area (Å²) in [5, 5.41) is -0.0631. The second-order valence-corrected chi connectivity index (χ2v) is 3.79. The molecule has 78 valence electrons. The van der Waals surface area contributed by atoms with Gasteiger partial charge in [0.2, 0.25) is 0 Å². The molecule has 0 aliphatic rings. The number of alkyl halides is 1. The molecular formula is C11H14ClFO. The molecule has 0 spiro atoms. The summed E-state index contributed by atoms with van der Waals surface area (Å²) in [6.07, 6.45) is 1.30. The first-order valence-corrected chi connectivity index (χ1v) is 5.04. The van der Waals surface area contributed by atoms with Crippen LogP contribution in [0.5, 0.6) is 0 Å². The average Bonchev–Trinajstić information content (AvgIpc) is 2.18. The smallest absolute Gasteiger partial charge is 0.126 e. The van der Waals surface area contributed by atoms with Gasteiger partial charge >= 0.3 is 0 Å². The van der Waals surface area contributed by atoms with E-state index < -0.39 is 0 Å². The third-order valence-electron chi connectivity index (χ3n) is 2.03. The van der Waals surface area contributed by atoms with E-state index in [4.69, 9.17) is 16.3 Å². The Labute approximate surface area is 88.8 Å². The third kappa shape index (κ3) is 3.64. The Morgan fingerprint density at radius 2 is 2.14 bits per heavy atom. The Morgan fingerprint density at radius 3 is 2.79 bits per heavy atom. The van der Waals surface area contributed by atoms with Gasteiger partial charge in [0.15, 0.2) is 0 Å². The van der Waals surface area contributed by atoms with Crippen LogP contribution in [-0.4, -0.2) is 19.1 Å². The molecule has 1 unspecified atom stereocenters. The number of rotatable bonds is 5. The fraction of sp³-hybridized carbons (Fsp3) is 0.455. The number of benzene rings is 1. The number of halogens is 2. The maximum absolute atomic E-state index is 13.2. The molecule has 14 heavy (non-hydrogen) atoms. The van der Waals surface area contributed by atoms with Gasteiger partial charge in [0, 0.05) is 19.1 Å². The minimum Gasteiger partial charge on any atom is -0.385 e. The van der Waals surface area contributed by atoms with E-state index in [2.05, 4.69) is 0 Å². The first-order chi connectivity index (χ1) is 6.74. The van der Waals surface area contributed by atoms with Gasteiger partial charge in [-0.25, -0.2) is 4.39 Å². The van der Waals surface area contributed by atoms with E-state index in [9.17, 15) is 4.39 Å². The average molecular weight is 217 g/mol. The van der Waals surface area contributed by atoms with Crippen molar-refractivity contribution in [2.75, 3.05) is 13.7 Å². The summed E-state index contributed by atoms with van der Waals surface area (Å²) in [5.41, 5.74) is 0.670. The Bertz CT molecular complexity index is 278. The van der Waals surface area contributed by atoms with Gasteiger partial charge in [-0.1, -0.05) is 18.2 Å². The Hall–Kier alpha value is -0.600. The van der Waals surface area contributed by atoms with Crippen molar-refractivity contribution >= 4 is 11.6 Å². The zero-order chi connectivity index (χ0) is 10.4. The summed E-state index contributed by atoms with van der Waals surface area (Å²) in [4.78, 5) is 0. The van der Waals surface area contributed by atoms with E-state index in [0.717, 1.165) is 6.42 Å². The van der Waals surface area contributed by atoms with Crippen molar-refractivity contribution in [2.24, 2.45) is 0 Å². The topological polar surface area (TPSA) is 9.23 Å². The normalized spacial score (nSPS) is 12.8. The number of hydrogen-bond donors (Lipinski definition) is 0. The summed E-state index contributed by atoms with van der Waals surface area (Å²) in [7, 11) is 1.63. The van der Waals surface area contributed by atoms with Gasteiger partial charge in [-0.15, -0.1) is 11.6 Å². The molecule has 1 atom stereocenters. The lowest BCUT2D eigenvalue weighted by Gasteiger charge is -2.09. The van der Waals surface area contributed by atoms with E-state index >= 15 is 0 Å². The van der Waals surface area contributed by atoms with Crippen LogP contribution in [0.4, 0.5) is 4.39 Å². The lowest BCUT2D eigenvalue weighted by molar-refractivity contribution is 0.193. The number of hydrogen-bond acceptors (Lipinski definition) is 1. The Morgan fingerprint density at radius 1 is 1.43 bits per heavy atom. The monoisotopic (exact) mass is 216 g/mol. The second kappa shape index (κ2) is 5.99. The molecule has 3 heteroatoms. The summed E-state index contributed by atoms with van der Waals surface area (Å²) in [6, 6.07) is 6.71. The number of ether oxygens (including phenoxy) is 1. The van der Waals surface area contributed by atoms with Crippen LogP contribution >= 0.6 is 11.6 Å². The van der Waals surface area contributed by atoms with E-state index in [0.29, 0.717) is 18.6 Å². The lowest BCUT2D eigenvalue weighted by Crippen LogP contribution is -2.08.